The number of nitrogens with two attached hydrogens (primary N) is 1. The minimum Gasteiger partial charge on any atom is -0.476 e. The summed E-state index contributed by atoms with van der Waals surface area (Å²) < 4.78 is 5.79. The van der Waals surface area contributed by atoms with Gasteiger partial charge in [-0.3, -0.25) is 0 Å². The van der Waals surface area contributed by atoms with E-state index in [1.54, 1.807) is 0 Å². The number of hydrogen-bond acceptors (Lipinski definition) is 4. The second-order valence-electron chi connectivity index (χ2n) is 4.44. The summed E-state index contributed by atoms with van der Waals surface area (Å²) >= 11 is 0. The lowest BCUT2D eigenvalue weighted by molar-refractivity contribution is 0.216. The second-order valence-corrected chi connectivity index (χ2v) is 4.44. The largest absolute Gasteiger partial charge is 0.476 e. The zero-order valence-electron chi connectivity index (χ0n) is 12.0. The molecule has 102 valence electrons. The number of rotatable bonds is 7. The molecule has 0 spiro atoms. The van der Waals surface area contributed by atoms with Crippen LogP contribution in [0.3, 0.4) is 0 Å². The highest BCUT2D eigenvalue weighted by Gasteiger charge is 2.09. The molecular weight excluding hydrogens is 226 g/mol. The molecule has 18 heavy (non-hydrogen) atoms. The van der Waals surface area contributed by atoms with Crippen LogP contribution < -0.4 is 10.5 Å². The van der Waals surface area contributed by atoms with E-state index in [-0.39, 0.29) is 0 Å². The molecule has 0 amide bonds. The Morgan fingerprint density at radius 2 is 1.94 bits per heavy atom. The summed E-state index contributed by atoms with van der Waals surface area (Å²) in [6.07, 6.45) is 0. The molecule has 1 aromatic heterocycles. The lowest BCUT2D eigenvalue weighted by Gasteiger charge is -2.19. The fraction of sp³-hybridized carbons (Fsp3) is 0.643. The first-order valence-corrected chi connectivity index (χ1v) is 6.64. The molecule has 0 unspecified atom stereocenters. The van der Waals surface area contributed by atoms with Crippen LogP contribution in [0.5, 0.6) is 5.88 Å². The summed E-state index contributed by atoms with van der Waals surface area (Å²) in [4.78, 5) is 6.76. The van der Waals surface area contributed by atoms with E-state index in [1.807, 2.05) is 19.9 Å². The average Bonchev–Trinajstić information content (AvgIpc) is 2.34. The number of aryl methyl sites for hydroxylation is 2. The quantitative estimate of drug-likeness (QED) is 0.804. The van der Waals surface area contributed by atoms with Gasteiger partial charge >= 0.3 is 0 Å². The Bertz CT molecular complexity index is 376. The van der Waals surface area contributed by atoms with Gasteiger partial charge in [0.05, 0.1) is 0 Å². The Morgan fingerprint density at radius 3 is 2.50 bits per heavy atom. The average molecular weight is 251 g/mol. The van der Waals surface area contributed by atoms with Crippen LogP contribution in [-0.4, -0.2) is 36.1 Å². The first-order valence-electron chi connectivity index (χ1n) is 6.64. The number of hydrogen-bond donors (Lipinski definition) is 1. The van der Waals surface area contributed by atoms with E-state index in [0.717, 1.165) is 36.5 Å². The van der Waals surface area contributed by atoms with Crippen molar-refractivity contribution in [1.82, 2.24) is 9.88 Å². The van der Waals surface area contributed by atoms with Crippen LogP contribution in [0.15, 0.2) is 6.07 Å². The van der Waals surface area contributed by atoms with Gasteiger partial charge in [-0.1, -0.05) is 13.8 Å². The molecule has 0 saturated carbocycles. The lowest BCUT2D eigenvalue weighted by atomic mass is 10.1. The number of likely N-dealkylation sites (N-methyl/N-ethyl adjacent to an activating group) is 1. The summed E-state index contributed by atoms with van der Waals surface area (Å²) in [5.41, 5.74) is 8.90. The Morgan fingerprint density at radius 1 is 1.28 bits per heavy atom. The zero-order chi connectivity index (χ0) is 13.5. The summed E-state index contributed by atoms with van der Waals surface area (Å²) in [7, 11) is 0. The highest BCUT2D eigenvalue weighted by molar-refractivity contribution is 5.35. The maximum absolute atomic E-state index is 5.79. The summed E-state index contributed by atoms with van der Waals surface area (Å²) in [6, 6.07) is 2.04. The summed E-state index contributed by atoms with van der Waals surface area (Å²) in [5.74, 6) is 0.696. The highest BCUT2D eigenvalue weighted by Crippen LogP contribution is 2.20. The Labute approximate surface area is 110 Å². The van der Waals surface area contributed by atoms with Crippen LogP contribution in [0.1, 0.15) is 30.7 Å². The van der Waals surface area contributed by atoms with E-state index in [0.29, 0.717) is 19.0 Å². The van der Waals surface area contributed by atoms with E-state index in [4.69, 9.17) is 10.5 Å². The molecule has 0 fully saturated rings. The van der Waals surface area contributed by atoms with Gasteiger partial charge in [0, 0.05) is 24.3 Å². The number of ether oxygens (including phenoxy) is 1. The third kappa shape index (κ3) is 3.96. The minimum atomic E-state index is 0.472. The normalized spacial score (nSPS) is 11.0. The maximum atomic E-state index is 5.79. The lowest BCUT2D eigenvalue weighted by Crippen LogP contribution is -2.28. The third-order valence-corrected chi connectivity index (χ3v) is 3.18. The van der Waals surface area contributed by atoms with Crippen molar-refractivity contribution in [2.24, 2.45) is 5.73 Å². The summed E-state index contributed by atoms with van der Waals surface area (Å²) in [5, 5.41) is 0. The van der Waals surface area contributed by atoms with Crippen LogP contribution in [0, 0.1) is 13.8 Å². The van der Waals surface area contributed by atoms with Gasteiger partial charge in [-0.15, -0.1) is 0 Å². The molecule has 2 N–H and O–H groups in total. The molecule has 4 nitrogen and oxygen atoms in total. The van der Waals surface area contributed by atoms with E-state index in [9.17, 15) is 0 Å². The van der Waals surface area contributed by atoms with Crippen molar-refractivity contribution < 1.29 is 4.74 Å². The van der Waals surface area contributed by atoms with Crippen molar-refractivity contribution >= 4 is 0 Å². The highest BCUT2D eigenvalue weighted by atomic mass is 16.5. The van der Waals surface area contributed by atoms with Crippen molar-refractivity contribution in [2.45, 2.75) is 34.2 Å². The Balaban J connectivity index is 2.66. The predicted octanol–water partition coefficient (Wildman–Crippen LogP) is 1.88. The molecule has 0 aromatic carbocycles. The maximum Gasteiger partial charge on any atom is 0.218 e. The SMILES string of the molecule is CCN(CC)CCOc1nc(C)cc(C)c1CN. The van der Waals surface area contributed by atoms with Gasteiger partial charge in [0.25, 0.3) is 0 Å². The van der Waals surface area contributed by atoms with E-state index in [2.05, 4.69) is 23.7 Å². The molecule has 0 atom stereocenters. The Hall–Kier alpha value is -1.13. The monoisotopic (exact) mass is 251 g/mol. The molecule has 1 rings (SSSR count). The molecule has 0 saturated heterocycles. The van der Waals surface area contributed by atoms with Crippen LogP contribution in [0.25, 0.3) is 0 Å². The van der Waals surface area contributed by atoms with E-state index >= 15 is 0 Å². The fourth-order valence-electron chi connectivity index (χ4n) is 2.01. The molecular formula is C14H25N3O. The van der Waals surface area contributed by atoms with Gasteiger partial charge in [-0.25, -0.2) is 4.98 Å². The molecule has 0 aliphatic heterocycles. The van der Waals surface area contributed by atoms with Crippen molar-refractivity contribution in [3.63, 3.8) is 0 Å². The molecule has 0 bridgehead atoms. The van der Waals surface area contributed by atoms with E-state index < -0.39 is 0 Å². The first kappa shape index (κ1) is 14.9. The van der Waals surface area contributed by atoms with Crippen molar-refractivity contribution in [3.8, 4) is 5.88 Å². The van der Waals surface area contributed by atoms with Gasteiger partial charge in [0.1, 0.15) is 6.61 Å². The van der Waals surface area contributed by atoms with Crippen LogP contribution >= 0.6 is 0 Å². The zero-order valence-corrected chi connectivity index (χ0v) is 12.0. The van der Waals surface area contributed by atoms with Gasteiger partial charge in [0.2, 0.25) is 5.88 Å². The molecule has 1 heterocycles. The van der Waals surface area contributed by atoms with Crippen LogP contribution in [0.2, 0.25) is 0 Å². The van der Waals surface area contributed by atoms with Gasteiger partial charge in [-0.2, -0.15) is 0 Å². The minimum absolute atomic E-state index is 0.472. The van der Waals surface area contributed by atoms with Crippen molar-refractivity contribution in [1.29, 1.82) is 0 Å². The topological polar surface area (TPSA) is 51.4 Å². The van der Waals surface area contributed by atoms with E-state index in [1.165, 1.54) is 0 Å². The predicted molar refractivity (Wildman–Crippen MR) is 74.9 cm³/mol. The second kappa shape index (κ2) is 7.34. The molecule has 4 heteroatoms. The standard InChI is InChI=1S/C14H25N3O/c1-5-17(6-2)7-8-18-14-13(10-15)11(3)9-12(4)16-14/h9H,5-8,10,15H2,1-4H3. The number of aromatic nitrogens is 1. The smallest absolute Gasteiger partial charge is 0.218 e. The van der Waals surface area contributed by atoms with Crippen molar-refractivity contribution in [3.05, 3.63) is 22.9 Å². The molecule has 1 aromatic rings. The first-order chi connectivity index (χ1) is 8.62. The fourth-order valence-corrected chi connectivity index (χ4v) is 2.01. The molecule has 0 radical (unpaired) electrons. The Kier molecular flexibility index (Phi) is 6.09. The number of nitrogens with zero attached hydrogens (tertiary/aromatic N) is 2. The third-order valence-electron chi connectivity index (χ3n) is 3.18. The van der Waals surface area contributed by atoms with Gasteiger partial charge in [0.15, 0.2) is 0 Å². The van der Waals surface area contributed by atoms with Crippen molar-refractivity contribution in [2.75, 3.05) is 26.2 Å². The molecule has 0 aliphatic carbocycles. The molecule has 0 aliphatic rings. The van der Waals surface area contributed by atoms with Gasteiger partial charge < -0.3 is 15.4 Å². The van der Waals surface area contributed by atoms with Gasteiger partial charge in [-0.05, 0) is 38.6 Å². The van der Waals surface area contributed by atoms with Crippen LogP contribution in [0.4, 0.5) is 0 Å². The van der Waals surface area contributed by atoms with Crippen LogP contribution in [-0.2, 0) is 6.54 Å². The summed E-state index contributed by atoms with van der Waals surface area (Å²) in [6.45, 7) is 12.5. The number of pyridine rings is 1.